The van der Waals surface area contributed by atoms with Gasteiger partial charge in [0, 0.05) is 6.42 Å². The lowest BCUT2D eigenvalue weighted by atomic mass is 9.92. The van der Waals surface area contributed by atoms with Gasteiger partial charge in [-0.15, -0.1) is 0 Å². The summed E-state index contributed by atoms with van der Waals surface area (Å²) in [7, 11) is 0. The van der Waals surface area contributed by atoms with Crippen molar-refractivity contribution < 1.29 is 14.1 Å². The molecule has 4 rings (SSSR count). The average Bonchev–Trinajstić information content (AvgIpc) is 3.28. The maximum absolute atomic E-state index is 12.6. The van der Waals surface area contributed by atoms with Crippen molar-refractivity contribution in [2.24, 2.45) is 0 Å². The number of hydrogen-bond donors (Lipinski definition) is 0. The topological polar surface area (TPSA) is 68.5 Å². The molecule has 1 saturated heterocycles. The zero-order chi connectivity index (χ0) is 15.8. The number of carbonyl (C=O) groups excluding carboxylic acids is 1. The fourth-order valence-electron chi connectivity index (χ4n) is 3.68. The van der Waals surface area contributed by atoms with Crippen molar-refractivity contribution in [3.8, 4) is 0 Å². The van der Waals surface area contributed by atoms with Gasteiger partial charge >= 0.3 is 0 Å². The van der Waals surface area contributed by atoms with Gasteiger partial charge in [0.2, 0.25) is 5.91 Å². The van der Waals surface area contributed by atoms with Crippen LogP contribution in [0.5, 0.6) is 0 Å². The Balaban J connectivity index is 1.37. The van der Waals surface area contributed by atoms with Crippen LogP contribution in [-0.4, -0.2) is 27.6 Å². The first-order chi connectivity index (χ1) is 11.3. The number of rotatable bonds is 5. The summed E-state index contributed by atoms with van der Waals surface area (Å²) in [5.41, 5.74) is 2.59. The van der Waals surface area contributed by atoms with E-state index in [1.807, 2.05) is 24.0 Å². The van der Waals surface area contributed by atoms with Gasteiger partial charge in [0.15, 0.2) is 5.82 Å². The summed E-state index contributed by atoms with van der Waals surface area (Å²) in [6.07, 6.45) is 2.80. The highest BCUT2D eigenvalue weighted by Crippen LogP contribution is 2.52. The summed E-state index contributed by atoms with van der Waals surface area (Å²) in [4.78, 5) is 18.7. The lowest BCUT2D eigenvalue weighted by Crippen LogP contribution is -2.31. The molecular formula is C17H19N3O3. The number of nitrogens with zero attached hydrogens (tertiary/aromatic N) is 3. The third-order valence-corrected chi connectivity index (χ3v) is 4.66. The molecule has 2 aliphatic rings. The minimum absolute atomic E-state index is 0.0314. The first-order valence-electron chi connectivity index (χ1n) is 8.07. The summed E-state index contributed by atoms with van der Waals surface area (Å²) in [5, 5.41) is 3.81. The number of benzene rings is 1. The number of ether oxygens (including phenoxy) is 1. The van der Waals surface area contributed by atoms with Crippen LogP contribution in [0.2, 0.25) is 0 Å². The maximum atomic E-state index is 12.6. The van der Waals surface area contributed by atoms with E-state index < -0.39 is 0 Å². The molecule has 1 aromatic heterocycles. The normalized spacial score (nSPS) is 21.7. The predicted octanol–water partition coefficient (Wildman–Crippen LogP) is 2.57. The van der Waals surface area contributed by atoms with Crippen LogP contribution in [0.25, 0.3) is 0 Å². The first-order valence-corrected chi connectivity index (χ1v) is 8.07. The molecule has 1 fully saturated rings. The molecular weight excluding hydrogens is 294 g/mol. The van der Waals surface area contributed by atoms with Gasteiger partial charge in [-0.3, -0.25) is 4.79 Å². The smallest absolute Gasteiger partial charge is 0.252 e. The molecule has 2 atom stereocenters. The van der Waals surface area contributed by atoms with Crippen LogP contribution in [0.3, 0.4) is 0 Å². The molecule has 3 heterocycles. The molecule has 2 aliphatic heterocycles. The van der Waals surface area contributed by atoms with Crippen LogP contribution in [-0.2, 0) is 22.6 Å². The number of aromatic nitrogens is 2. The third kappa shape index (κ3) is 2.43. The summed E-state index contributed by atoms with van der Waals surface area (Å²) in [5.74, 6) is 1.11. The van der Waals surface area contributed by atoms with Gasteiger partial charge in [0.05, 0.1) is 12.1 Å². The van der Waals surface area contributed by atoms with Crippen molar-refractivity contribution in [3.05, 3.63) is 47.1 Å². The third-order valence-electron chi connectivity index (χ3n) is 4.66. The van der Waals surface area contributed by atoms with E-state index in [2.05, 4.69) is 22.3 Å². The predicted molar refractivity (Wildman–Crippen MR) is 81.3 cm³/mol. The van der Waals surface area contributed by atoms with Crippen LogP contribution in [0.1, 0.15) is 54.7 Å². The molecule has 2 unspecified atom stereocenters. The second-order valence-corrected chi connectivity index (χ2v) is 5.99. The molecule has 0 radical (unpaired) electrons. The van der Waals surface area contributed by atoms with Crippen molar-refractivity contribution in [1.82, 2.24) is 15.0 Å². The molecule has 0 aliphatic carbocycles. The Kier molecular flexibility index (Phi) is 3.61. The fourth-order valence-corrected chi connectivity index (χ4v) is 3.68. The Hall–Kier alpha value is -2.21. The summed E-state index contributed by atoms with van der Waals surface area (Å²) in [6.45, 7) is 2.18. The Morgan fingerprint density at radius 3 is 2.61 bits per heavy atom. The standard InChI is InChI=1S/C17H19N3O3/c1-2-15-18-16(23-19-15)9-22-10-17(21)20-13-7-8-14(20)12-6-4-3-5-11(12)13/h3-6,13-14H,2,7-10H2,1H3. The van der Waals surface area contributed by atoms with E-state index in [-0.39, 0.29) is 31.2 Å². The molecule has 2 aromatic rings. The molecule has 0 saturated carbocycles. The summed E-state index contributed by atoms with van der Waals surface area (Å²) < 4.78 is 10.5. The van der Waals surface area contributed by atoms with Crippen molar-refractivity contribution in [2.75, 3.05) is 6.61 Å². The van der Waals surface area contributed by atoms with Crippen molar-refractivity contribution in [3.63, 3.8) is 0 Å². The van der Waals surface area contributed by atoms with E-state index >= 15 is 0 Å². The molecule has 120 valence electrons. The highest BCUT2D eigenvalue weighted by Gasteiger charge is 2.45. The van der Waals surface area contributed by atoms with Gasteiger partial charge in [-0.1, -0.05) is 36.3 Å². The van der Waals surface area contributed by atoms with E-state index in [0.717, 1.165) is 19.3 Å². The van der Waals surface area contributed by atoms with Gasteiger partial charge in [0.1, 0.15) is 13.2 Å². The number of carbonyl (C=O) groups is 1. The second kappa shape index (κ2) is 5.77. The Morgan fingerprint density at radius 1 is 1.30 bits per heavy atom. The second-order valence-electron chi connectivity index (χ2n) is 5.99. The van der Waals surface area contributed by atoms with E-state index in [1.54, 1.807) is 0 Å². The molecule has 0 spiro atoms. The van der Waals surface area contributed by atoms with Gasteiger partial charge in [-0.25, -0.2) is 0 Å². The summed E-state index contributed by atoms with van der Waals surface area (Å²) in [6, 6.07) is 8.76. The lowest BCUT2D eigenvalue weighted by Gasteiger charge is -2.22. The molecule has 6 heteroatoms. The van der Waals surface area contributed by atoms with Gasteiger partial charge < -0.3 is 14.2 Å². The largest absolute Gasteiger partial charge is 0.362 e. The SMILES string of the molecule is CCc1noc(COCC(=O)N2C3CCC2c2ccccc23)n1. The Bertz CT molecular complexity index is 696. The number of aryl methyl sites for hydroxylation is 1. The van der Waals surface area contributed by atoms with Crippen LogP contribution in [0, 0.1) is 0 Å². The highest BCUT2D eigenvalue weighted by molar-refractivity contribution is 5.80. The average molecular weight is 313 g/mol. The van der Waals surface area contributed by atoms with Gasteiger partial charge in [-0.05, 0) is 24.0 Å². The maximum Gasteiger partial charge on any atom is 0.252 e. The van der Waals surface area contributed by atoms with Crippen LogP contribution in [0.15, 0.2) is 28.8 Å². The number of hydrogen-bond acceptors (Lipinski definition) is 5. The van der Waals surface area contributed by atoms with Crippen molar-refractivity contribution >= 4 is 5.91 Å². The van der Waals surface area contributed by atoms with Gasteiger partial charge in [0.25, 0.3) is 5.89 Å². The highest BCUT2D eigenvalue weighted by atomic mass is 16.5. The molecule has 2 bridgehead atoms. The lowest BCUT2D eigenvalue weighted by molar-refractivity contribution is -0.139. The van der Waals surface area contributed by atoms with E-state index in [1.165, 1.54) is 11.1 Å². The number of fused-ring (bicyclic) bond motifs is 5. The monoisotopic (exact) mass is 313 g/mol. The van der Waals surface area contributed by atoms with Crippen molar-refractivity contribution in [1.29, 1.82) is 0 Å². The van der Waals surface area contributed by atoms with Crippen LogP contribution < -0.4 is 0 Å². The molecule has 0 N–H and O–H groups in total. The van der Waals surface area contributed by atoms with E-state index in [4.69, 9.17) is 9.26 Å². The molecule has 23 heavy (non-hydrogen) atoms. The van der Waals surface area contributed by atoms with E-state index in [0.29, 0.717) is 11.7 Å². The number of amides is 1. The molecule has 1 amide bonds. The minimum atomic E-state index is 0.0314. The Labute approximate surface area is 134 Å². The zero-order valence-corrected chi connectivity index (χ0v) is 13.1. The summed E-state index contributed by atoms with van der Waals surface area (Å²) >= 11 is 0. The molecule has 6 nitrogen and oxygen atoms in total. The first kappa shape index (κ1) is 14.4. The quantitative estimate of drug-likeness (QED) is 0.848. The minimum Gasteiger partial charge on any atom is -0.362 e. The van der Waals surface area contributed by atoms with Crippen molar-refractivity contribution in [2.45, 2.75) is 44.9 Å². The molecule has 1 aromatic carbocycles. The van der Waals surface area contributed by atoms with Crippen LogP contribution >= 0.6 is 0 Å². The van der Waals surface area contributed by atoms with Crippen LogP contribution in [0.4, 0.5) is 0 Å². The fraction of sp³-hybridized carbons (Fsp3) is 0.471. The zero-order valence-electron chi connectivity index (χ0n) is 13.1. The Morgan fingerprint density at radius 2 is 2.00 bits per heavy atom. The van der Waals surface area contributed by atoms with E-state index in [9.17, 15) is 4.79 Å². The van der Waals surface area contributed by atoms with Gasteiger partial charge in [-0.2, -0.15) is 4.98 Å².